The Bertz CT molecular complexity index is 1010. The standard InChI is InChI=1S/C22H27N3O2S2.ClH/c1-6-28-17-9-7-8-16(14-17)21(26)25(13-12-24(3)4)22-23-19-18(27-5)11-10-15(2)20(19)29-22;/h7-11,14H,6,12-13H2,1-5H3;1H. The number of benzene rings is 2. The second-order valence-electron chi connectivity index (χ2n) is 6.98. The molecule has 30 heavy (non-hydrogen) atoms. The van der Waals surface area contributed by atoms with E-state index in [4.69, 9.17) is 9.72 Å². The number of thiazole rings is 1. The molecule has 0 bridgehead atoms. The van der Waals surface area contributed by atoms with Crippen molar-refractivity contribution in [2.45, 2.75) is 18.7 Å². The van der Waals surface area contributed by atoms with Gasteiger partial charge in [0.05, 0.1) is 11.8 Å². The molecule has 0 radical (unpaired) electrons. The molecule has 0 saturated heterocycles. The third kappa shape index (κ3) is 5.46. The van der Waals surface area contributed by atoms with Crippen LogP contribution in [0.1, 0.15) is 22.8 Å². The van der Waals surface area contributed by atoms with Crippen LogP contribution in [0.2, 0.25) is 0 Å². The van der Waals surface area contributed by atoms with Crippen molar-refractivity contribution >= 4 is 56.8 Å². The van der Waals surface area contributed by atoms with E-state index in [1.807, 2.05) is 50.5 Å². The average Bonchev–Trinajstić information content (AvgIpc) is 3.14. The summed E-state index contributed by atoms with van der Waals surface area (Å²) in [7, 11) is 5.66. The molecule has 1 amide bonds. The SMILES string of the molecule is CCSc1cccc(C(=O)N(CCN(C)C)c2nc3c(OC)ccc(C)c3s2)c1.Cl. The van der Waals surface area contributed by atoms with E-state index in [0.717, 1.165) is 38.7 Å². The molecule has 162 valence electrons. The lowest BCUT2D eigenvalue weighted by atomic mass is 10.2. The van der Waals surface area contributed by atoms with Crippen LogP contribution in [-0.2, 0) is 0 Å². The molecule has 0 fully saturated rings. The van der Waals surface area contributed by atoms with Crippen molar-refractivity contribution in [3.05, 3.63) is 47.5 Å². The van der Waals surface area contributed by atoms with E-state index < -0.39 is 0 Å². The minimum Gasteiger partial charge on any atom is -0.494 e. The zero-order valence-corrected chi connectivity index (χ0v) is 20.4. The average molecular weight is 466 g/mol. The molecule has 5 nitrogen and oxygen atoms in total. The van der Waals surface area contributed by atoms with Crippen molar-refractivity contribution in [1.29, 1.82) is 0 Å². The van der Waals surface area contributed by atoms with Crippen LogP contribution in [0, 0.1) is 6.92 Å². The first-order valence-corrected chi connectivity index (χ1v) is 11.4. The Morgan fingerprint density at radius 3 is 2.63 bits per heavy atom. The number of halogens is 1. The predicted molar refractivity (Wildman–Crippen MR) is 131 cm³/mol. The lowest BCUT2D eigenvalue weighted by Crippen LogP contribution is -2.36. The maximum absolute atomic E-state index is 13.5. The number of aromatic nitrogens is 1. The predicted octanol–water partition coefficient (Wildman–Crippen LogP) is 5.36. The van der Waals surface area contributed by atoms with Crippen LogP contribution in [0.15, 0.2) is 41.3 Å². The molecule has 0 spiro atoms. The normalized spacial score (nSPS) is 10.9. The zero-order valence-electron chi connectivity index (χ0n) is 18.0. The number of carbonyl (C=O) groups excluding carboxylic acids is 1. The number of hydrogen-bond donors (Lipinski definition) is 0. The summed E-state index contributed by atoms with van der Waals surface area (Å²) in [4.78, 5) is 23.2. The lowest BCUT2D eigenvalue weighted by Gasteiger charge is -2.22. The number of ether oxygens (including phenoxy) is 1. The third-order valence-corrected chi connectivity index (χ3v) is 6.64. The van der Waals surface area contributed by atoms with Gasteiger partial charge in [-0.05, 0) is 56.6 Å². The fraction of sp³-hybridized carbons (Fsp3) is 0.364. The van der Waals surface area contributed by atoms with Crippen molar-refractivity contribution in [3.63, 3.8) is 0 Å². The number of aryl methyl sites for hydroxylation is 1. The van der Waals surface area contributed by atoms with E-state index in [1.54, 1.807) is 35.1 Å². The van der Waals surface area contributed by atoms with Crippen LogP contribution in [0.3, 0.4) is 0 Å². The van der Waals surface area contributed by atoms with E-state index in [-0.39, 0.29) is 18.3 Å². The summed E-state index contributed by atoms with van der Waals surface area (Å²) in [5.41, 5.74) is 2.63. The highest BCUT2D eigenvalue weighted by Gasteiger charge is 2.23. The number of likely N-dealkylation sites (N-methyl/N-ethyl adjacent to an activating group) is 1. The number of methoxy groups -OCH3 is 1. The zero-order chi connectivity index (χ0) is 21.0. The van der Waals surface area contributed by atoms with Gasteiger partial charge < -0.3 is 9.64 Å². The van der Waals surface area contributed by atoms with Gasteiger partial charge in [0.15, 0.2) is 5.13 Å². The van der Waals surface area contributed by atoms with Crippen molar-refractivity contribution in [1.82, 2.24) is 9.88 Å². The molecular formula is C22H28ClN3O2S2. The molecule has 3 aromatic rings. The van der Waals surface area contributed by atoms with Gasteiger partial charge in [0, 0.05) is 23.5 Å². The lowest BCUT2D eigenvalue weighted by molar-refractivity contribution is 0.0985. The first-order chi connectivity index (χ1) is 13.9. The Balaban J connectivity index is 0.00000320. The first-order valence-electron chi connectivity index (χ1n) is 9.58. The number of fused-ring (bicyclic) bond motifs is 1. The Labute approximate surface area is 192 Å². The number of rotatable bonds is 8. The fourth-order valence-corrected chi connectivity index (χ4v) is 4.80. The molecule has 0 aliphatic carbocycles. The van der Waals surface area contributed by atoms with Gasteiger partial charge in [0.2, 0.25) is 0 Å². The van der Waals surface area contributed by atoms with Crippen LogP contribution in [0.25, 0.3) is 10.2 Å². The van der Waals surface area contributed by atoms with Crippen molar-refractivity contribution in [2.24, 2.45) is 0 Å². The number of anilines is 1. The molecule has 0 aliphatic rings. The molecule has 0 atom stereocenters. The smallest absolute Gasteiger partial charge is 0.260 e. The molecule has 1 heterocycles. The molecule has 3 rings (SSSR count). The Morgan fingerprint density at radius 1 is 1.20 bits per heavy atom. The van der Waals surface area contributed by atoms with E-state index in [0.29, 0.717) is 17.2 Å². The van der Waals surface area contributed by atoms with E-state index in [1.165, 1.54) is 0 Å². The Hall–Kier alpha value is -1.80. The van der Waals surface area contributed by atoms with Crippen LogP contribution in [0.4, 0.5) is 5.13 Å². The maximum atomic E-state index is 13.5. The second-order valence-corrected chi connectivity index (χ2v) is 9.29. The quantitative estimate of drug-likeness (QED) is 0.419. The summed E-state index contributed by atoms with van der Waals surface area (Å²) in [6.45, 7) is 5.49. The van der Waals surface area contributed by atoms with Crippen LogP contribution < -0.4 is 9.64 Å². The highest BCUT2D eigenvalue weighted by atomic mass is 35.5. The summed E-state index contributed by atoms with van der Waals surface area (Å²) in [6, 6.07) is 11.8. The number of carbonyl (C=O) groups is 1. The summed E-state index contributed by atoms with van der Waals surface area (Å²) >= 11 is 3.28. The molecule has 0 aliphatic heterocycles. The molecule has 0 unspecified atom stereocenters. The minimum absolute atomic E-state index is 0. The fourth-order valence-electron chi connectivity index (χ4n) is 3.00. The first kappa shape index (κ1) is 24.5. The monoisotopic (exact) mass is 465 g/mol. The highest BCUT2D eigenvalue weighted by molar-refractivity contribution is 7.99. The van der Waals surface area contributed by atoms with Gasteiger partial charge in [-0.15, -0.1) is 24.2 Å². The molecule has 2 aromatic carbocycles. The number of nitrogens with zero attached hydrogens (tertiary/aromatic N) is 3. The van der Waals surface area contributed by atoms with E-state index in [9.17, 15) is 4.79 Å². The largest absolute Gasteiger partial charge is 0.494 e. The Morgan fingerprint density at radius 2 is 1.97 bits per heavy atom. The number of amides is 1. The number of hydrogen-bond acceptors (Lipinski definition) is 6. The van der Waals surface area contributed by atoms with Gasteiger partial charge >= 0.3 is 0 Å². The van der Waals surface area contributed by atoms with Crippen LogP contribution in [0.5, 0.6) is 5.75 Å². The molecule has 8 heteroatoms. The van der Waals surface area contributed by atoms with Gasteiger partial charge in [0.1, 0.15) is 11.3 Å². The summed E-state index contributed by atoms with van der Waals surface area (Å²) in [5.74, 6) is 1.68. The Kier molecular flexibility index (Phi) is 8.97. The third-order valence-electron chi connectivity index (χ3n) is 4.55. The van der Waals surface area contributed by atoms with Gasteiger partial charge in [-0.1, -0.05) is 30.4 Å². The molecule has 0 N–H and O–H groups in total. The maximum Gasteiger partial charge on any atom is 0.260 e. The van der Waals surface area contributed by atoms with E-state index in [2.05, 4.69) is 18.7 Å². The second kappa shape index (κ2) is 11.0. The van der Waals surface area contributed by atoms with Crippen molar-refractivity contribution in [3.8, 4) is 5.75 Å². The highest BCUT2D eigenvalue weighted by Crippen LogP contribution is 2.37. The van der Waals surface area contributed by atoms with Gasteiger partial charge in [-0.25, -0.2) is 4.98 Å². The topological polar surface area (TPSA) is 45.7 Å². The summed E-state index contributed by atoms with van der Waals surface area (Å²) < 4.78 is 6.54. The molecule has 1 aromatic heterocycles. The summed E-state index contributed by atoms with van der Waals surface area (Å²) in [6.07, 6.45) is 0. The number of thioether (sulfide) groups is 1. The van der Waals surface area contributed by atoms with Gasteiger partial charge in [0.25, 0.3) is 5.91 Å². The summed E-state index contributed by atoms with van der Waals surface area (Å²) in [5, 5.41) is 0.702. The van der Waals surface area contributed by atoms with Crippen LogP contribution in [-0.4, -0.2) is 55.8 Å². The minimum atomic E-state index is -0.0268. The molecular weight excluding hydrogens is 438 g/mol. The van der Waals surface area contributed by atoms with Gasteiger partial charge in [-0.2, -0.15) is 0 Å². The van der Waals surface area contributed by atoms with Crippen LogP contribution >= 0.6 is 35.5 Å². The van der Waals surface area contributed by atoms with Crippen molar-refractivity contribution < 1.29 is 9.53 Å². The van der Waals surface area contributed by atoms with Gasteiger partial charge in [-0.3, -0.25) is 9.69 Å². The van der Waals surface area contributed by atoms with E-state index >= 15 is 0 Å². The molecule has 0 saturated carbocycles. The van der Waals surface area contributed by atoms with Crippen molar-refractivity contribution in [2.75, 3.05) is 44.9 Å².